The first-order chi connectivity index (χ1) is 8.20. The highest BCUT2D eigenvalue weighted by Crippen LogP contribution is 2.29. The number of nitrogens with zero attached hydrogens (tertiary/aromatic N) is 2. The normalized spacial score (nSPS) is 15.5. The van der Waals surface area contributed by atoms with Crippen molar-refractivity contribution in [3.8, 4) is 0 Å². The van der Waals surface area contributed by atoms with Crippen molar-refractivity contribution in [1.82, 2.24) is 9.88 Å². The molecule has 2 nitrogen and oxygen atoms in total. The molecule has 0 aliphatic heterocycles. The van der Waals surface area contributed by atoms with Gasteiger partial charge in [0.1, 0.15) is 10.3 Å². The molecule has 1 aromatic rings. The predicted octanol–water partition coefficient (Wildman–Crippen LogP) is 4.15. The summed E-state index contributed by atoms with van der Waals surface area (Å²) < 4.78 is 0. The topological polar surface area (TPSA) is 16.1 Å². The minimum Gasteiger partial charge on any atom is -0.296 e. The maximum Gasteiger partial charge on any atom is 0.135 e. The molecule has 2 rings (SSSR count). The molecule has 1 saturated carbocycles. The summed E-state index contributed by atoms with van der Waals surface area (Å²) in [4.78, 5) is 6.61. The molecule has 0 unspecified atom stereocenters. The van der Waals surface area contributed by atoms with Crippen LogP contribution in [0.5, 0.6) is 0 Å². The van der Waals surface area contributed by atoms with Crippen LogP contribution in [0.4, 0.5) is 0 Å². The maximum atomic E-state index is 6.11. The Morgan fingerprint density at radius 1 is 1.35 bits per heavy atom. The highest BCUT2D eigenvalue weighted by Gasteiger charge is 2.28. The van der Waals surface area contributed by atoms with Gasteiger partial charge < -0.3 is 0 Å². The van der Waals surface area contributed by atoms with Gasteiger partial charge in [-0.05, 0) is 31.9 Å². The van der Waals surface area contributed by atoms with Gasteiger partial charge in [0.2, 0.25) is 0 Å². The van der Waals surface area contributed by atoms with Gasteiger partial charge in [0.25, 0.3) is 0 Å². The van der Waals surface area contributed by atoms with E-state index in [0.29, 0.717) is 10.3 Å². The van der Waals surface area contributed by atoms with Crippen LogP contribution in [0.2, 0.25) is 10.3 Å². The van der Waals surface area contributed by atoms with Crippen LogP contribution in [0.3, 0.4) is 0 Å². The van der Waals surface area contributed by atoms with Crippen molar-refractivity contribution in [2.45, 2.75) is 45.2 Å². The van der Waals surface area contributed by atoms with E-state index in [-0.39, 0.29) is 0 Å². The van der Waals surface area contributed by atoms with E-state index in [4.69, 9.17) is 23.2 Å². The van der Waals surface area contributed by atoms with Crippen LogP contribution in [0.1, 0.15) is 38.2 Å². The molecule has 0 aromatic carbocycles. The number of aromatic nitrogens is 1. The van der Waals surface area contributed by atoms with E-state index in [1.165, 1.54) is 25.7 Å². The Hall–Kier alpha value is -0.310. The lowest BCUT2D eigenvalue weighted by molar-refractivity contribution is 0.250. The molecule has 4 heteroatoms. The third-order valence-corrected chi connectivity index (χ3v) is 3.67. The van der Waals surface area contributed by atoms with Crippen LogP contribution in [0.25, 0.3) is 0 Å². The van der Waals surface area contributed by atoms with Gasteiger partial charge in [-0.15, -0.1) is 0 Å². The van der Waals surface area contributed by atoms with Crippen LogP contribution in [0, 0.1) is 0 Å². The molecule has 0 saturated heterocycles. The van der Waals surface area contributed by atoms with Gasteiger partial charge in [-0.3, -0.25) is 4.90 Å². The first-order valence-electron chi connectivity index (χ1n) is 6.25. The van der Waals surface area contributed by atoms with Crippen molar-refractivity contribution in [2.75, 3.05) is 6.54 Å². The summed E-state index contributed by atoms with van der Waals surface area (Å²) >= 11 is 11.9. The van der Waals surface area contributed by atoms with E-state index in [9.17, 15) is 0 Å². The lowest BCUT2D eigenvalue weighted by Crippen LogP contribution is -2.26. The Balaban J connectivity index is 2.00. The first-order valence-corrected chi connectivity index (χ1v) is 7.01. The smallest absolute Gasteiger partial charge is 0.135 e. The van der Waals surface area contributed by atoms with Crippen molar-refractivity contribution < 1.29 is 0 Å². The molecular formula is C13H18Cl2N2. The minimum atomic E-state index is 0.463. The fraction of sp³-hybridized carbons (Fsp3) is 0.615. The minimum absolute atomic E-state index is 0.463. The van der Waals surface area contributed by atoms with Crippen molar-refractivity contribution in [3.63, 3.8) is 0 Å². The summed E-state index contributed by atoms with van der Waals surface area (Å²) in [6.07, 6.45) is 5.12. The Morgan fingerprint density at radius 3 is 2.71 bits per heavy atom. The Bertz CT molecular complexity index is 378. The van der Waals surface area contributed by atoms with Gasteiger partial charge in [0, 0.05) is 18.2 Å². The van der Waals surface area contributed by atoms with Gasteiger partial charge in [-0.1, -0.05) is 42.6 Å². The third kappa shape index (κ3) is 3.84. The summed E-state index contributed by atoms with van der Waals surface area (Å²) in [6, 6.07) is 4.56. The highest BCUT2D eigenvalue weighted by atomic mass is 35.5. The highest BCUT2D eigenvalue weighted by molar-refractivity contribution is 6.32. The molecule has 1 aliphatic rings. The summed E-state index contributed by atoms with van der Waals surface area (Å²) in [5.41, 5.74) is 1.08. The van der Waals surface area contributed by atoms with Gasteiger partial charge in [0.15, 0.2) is 0 Å². The van der Waals surface area contributed by atoms with E-state index in [0.717, 1.165) is 24.7 Å². The van der Waals surface area contributed by atoms with Gasteiger partial charge in [-0.25, -0.2) is 4.98 Å². The van der Waals surface area contributed by atoms with Gasteiger partial charge in [0.05, 0.1) is 0 Å². The summed E-state index contributed by atoms with van der Waals surface area (Å²) in [6.45, 7) is 4.27. The molecule has 0 radical (unpaired) electrons. The molecule has 1 aromatic heterocycles. The number of pyridine rings is 1. The third-order valence-electron chi connectivity index (χ3n) is 3.13. The monoisotopic (exact) mass is 272 g/mol. The molecular weight excluding hydrogens is 255 g/mol. The zero-order chi connectivity index (χ0) is 12.3. The Kier molecular flexibility index (Phi) is 4.66. The lowest BCUT2D eigenvalue weighted by Gasteiger charge is -2.22. The van der Waals surface area contributed by atoms with Crippen LogP contribution in [-0.2, 0) is 6.54 Å². The molecule has 0 bridgehead atoms. The summed E-state index contributed by atoms with van der Waals surface area (Å²) in [7, 11) is 0. The molecule has 0 atom stereocenters. The van der Waals surface area contributed by atoms with Crippen LogP contribution in [-0.4, -0.2) is 22.5 Å². The van der Waals surface area contributed by atoms with Crippen LogP contribution in [0.15, 0.2) is 12.1 Å². The number of rotatable bonds is 6. The van der Waals surface area contributed by atoms with Gasteiger partial charge >= 0.3 is 0 Å². The van der Waals surface area contributed by atoms with E-state index in [1.807, 2.05) is 12.1 Å². The standard InChI is InChI=1S/C13H18Cl2N2/c1-2-3-8-17(11-5-6-11)9-10-4-7-12(14)16-13(10)15/h4,7,11H,2-3,5-6,8-9H2,1H3. The fourth-order valence-corrected chi connectivity index (χ4v) is 2.37. The zero-order valence-electron chi connectivity index (χ0n) is 10.1. The number of unbranched alkanes of at least 4 members (excludes halogenated alkanes) is 1. The Morgan fingerprint density at radius 2 is 2.12 bits per heavy atom. The fourth-order valence-electron chi connectivity index (χ4n) is 1.97. The molecule has 1 heterocycles. The SMILES string of the molecule is CCCCN(Cc1ccc(Cl)nc1Cl)C1CC1. The number of hydrogen-bond donors (Lipinski definition) is 0. The second-order valence-electron chi connectivity index (χ2n) is 4.64. The first kappa shape index (κ1) is 13.1. The summed E-state index contributed by atoms with van der Waals surface area (Å²) in [5.74, 6) is 0. The molecule has 17 heavy (non-hydrogen) atoms. The summed E-state index contributed by atoms with van der Waals surface area (Å²) in [5, 5.41) is 1.00. The van der Waals surface area contributed by atoms with Crippen molar-refractivity contribution in [1.29, 1.82) is 0 Å². The number of halogens is 2. The van der Waals surface area contributed by atoms with Crippen LogP contribution >= 0.6 is 23.2 Å². The number of hydrogen-bond acceptors (Lipinski definition) is 2. The van der Waals surface area contributed by atoms with E-state index < -0.39 is 0 Å². The lowest BCUT2D eigenvalue weighted by atomic mass is 10.2. The van der Waals surface area contributed by atoms with E-state index >= 15 is 0 Å². The van der Waals surface area contributed by atoms with Crippen LogP contribution < -0.4 is 0 Å². The maximum absolute atomic E-state index is 6.11. The van der Waals surface area contributed by atoms with E-state index in [1.54, 1.807) is 0 Å². The molecule has 0 N–H and O–H groups in total. The predicted molar refractivity (Wildman–Crippen MR) is 72.6 cm³/mol. The van der Waals surface area contributed by atoms with Crippen molar-refractivity contribution in [3.05, 3.63) is 28.0 Å². The second-order valence-corrected chi connectivity index (χ2v) is 5.38. The quantitative estimate of drug-likeness (QED) is 0.724. The molecule has 94 valence electrons. The second kappa shape index (κ2) is 6.03. The average Bonchev–Trinajstić information content (AvgIpc) is 3.11. The molecule has 0 amide bonds. The molecule has 1 fully saturated rings. The molecule has 1 aliphatic carbocycles. The molecule has 0 spiro atoms. The van der Waals surface area contributed by atoms with Crippen molar-refractivity contribution >= 4 is 23.2 Å². The van der Waals surface area contributed by atoms with Gasteiger partial charge in [-0.2, -0.15) is 0 Å². The average molecular weight is 273 g/mol. The van der Waals surface area contributed by atoms with Crippen molar-refractivity contribution in [2.24, 2.45) is 0 Å². The Labute approximate surface area is 113 Å². The zero-order valence-corrected chi connectivity index (χ0v) is 11.6. The van der Waals surface area contributed by atoms with E-state index in [2.05, 4.69) is 16.8 Å². The largest absolute Gasteiger partial charge is 0.296 e.